The largest absolute Gasteiger partial charge is 0.477 e. The van der Waals surface area contributed by atoms with Crippen LogP contribution in [0.15, 0.2) is 12.1 Å². The van der Waals surface area contributed by atoms with Gasteiger partial charge in [0.05, 0.1) is 0 Å². The van der Waals surface area contributed by atoms with Gasteiger partial charge in [-0.1, -0.05) is 13.3 Å². The van der Waals surface area contributed by atoms with Crippen LogP contribution in [0.2, 0.25) is 0 Å². The van der Waals surface area contributed by atoms with Gasteiger partial charge in [-0.15, -0.1) is 0 Å². The summed E-state index contributed by atoms with van der Waals surface area (Å²) in [6, 6.07) is 3.51. The minimum Gasteiger partial charge on any atom is -0.477 e. The fourth-order valence-corrected chi connectivity index (χ4v) is 1.37. The molecule has 3 heteroatoms. The van der Waals surface area contributed by atoms with Crippen LogP contribution in [0, 0.1) is 6.92 Å². The zero-order valence-corrected chi connectivity index (χ0v) is 8.08. The van der Waals surface area contributed by atoms with Crippen molar-refractivity contribution in [3.05, 3.63) is 23.5 Å². The average Bonchev–Trinajstić information content (AvgIpc) is 2.43. The molecule has 0 saturated heterocycles. The Bertz CT molecular complexity index is 302. The van der Waals surface area contributed by atoms with Gasteiger partial charge in [0.2, 0.25) is 0 Å². The van der Waals surface area contributed by atoms with Crippen LogP contribution in [0.3, 0.4) is 0 Å². The second kappa shape index (κ2) is 4.12. The van der Waals surface area contributed by atoms with Gasteiger partial charge >= 0.3 is 5.97 Å². The van der Waals surface area contributed by atoms with E-state index in [1.807, 2.05) is 17.6 Å². The van der Waals surface area contributed by atoms with Crippen LogP contribution in [-0.4, -0.2) is 15.6 Å². The Balaban J connectivity index is 2.88. The van der Waals surface area contributed by atoms with Crippen molar-refractivity contribution in [1.29, 1.82) is 0 Å². The Morgan fingerprint density at radius 2 is 2.23 bits per heavy atom. The van der Waals surface area contributed by atoms with E-state index in [4.69, 9.17) is 5.11 Å². The van der Waals surface area contributed by atoms with Crippen molar-refractivity contribution < 1.29 is 9.90 Å². The molecular formula is C10H15NO2. The van der Waals surface area contributed by atoms with Gasteiger partial charge < -0.3 is 9.67 Å². The highest BCUT2D eigenvalue weighted by molar-refractivity contribution is 5.86. The number of aryl methyl sites for hydroxylation is 1. The standard InChI is InChI=1S/C10H15NO2/c1-3-4-7-11-8(2)5-6-9(11)10(12)13/h5-6H,3-4,7H2,1-2H3,(H,12,13). The fraction of sp³-hybridized carbons (Fsp3) is 0.500. The number of rotatable bonds is 4. The van der Waals surface area contributed by atoms with Gasteiger partial charge in [-0.3, -0.25) is 0 Å². The van der Waals surface area contributed by atoms with E-state index in [-0.39, 0.29) is 0 Å². The molecule has 0 saturated carbocycles. The molecule has 0 spiro atoms. The second-order valence-electron chi connectivity index (χ2n) is 3.17. The smallest absolute Gasteiger partial charge is 0.352 e. The number of aromatic carboxylic acids is 1. The summed E-state index contributed by atoms with van der Waals surface area (Å²) in [5.41, 5.74) is 1.41. The summed E-state index contributed by atoms with van der Waals surface area (Å²) < 4.78 is 1.85. The van der Waals surface area contributed by atoms with E-state index in [1.54, 1.807) is 6.07 Å². The maximum atomic E-state index is 10.8. The molecule has 1 aromatic heterocycles. The molecule has 13 heavy (non-hydrogen) atoms. The number of carboxylic acids is 1. The highest BCUT2D eigenvalue weighted by Gasteiger charge is 2.10. The van der Waals surface area contributed by atoms with Crippen molar-refractivity contribution in [2.75, 3.05) is 0 Å². The maximum Gasteiger partial charge on any atom is 0.352 e. The van der Waals surface area contributed by atoms with Gasteiger partial charge in [0, 0.05) is 12.2 Å². The van der Waals surface area contributed by atoms with Gasteiger partial charge in [-0.2, -0.15) is 0 Å². The van der Waals surface area contributed by atoms with Gasteiger partial charge in [-0.05, 0) is 25.5 Å². The molecule has 1 rings (SSSR count). The summed E-state index contributed by atoms with van der Waals surface area (Å²) in [4.78, 5) is 10.8. The SMILES string of the molecule is CCCCn1c(C)ccc1C(=O)O. The zero-order valence-electron chi connectivity index (χ0n) is 8.08. The molecule has 1 heterocycles. The molecule has 0 amide bonds. The molecule has 0 aromatic carbocycles. The minimum atomic E-state index is -0.843. The Hall–Kier alpha value is -1.25. The van der Waals surface area contributed by atoms with E-state index >= 15 is 0 Å². The summed E-state index contributed by atoms with van der Waals surface area (Å²) in [6.07, 6.45) is 2.10. The molecule has 0 aliphatic carbocycles. The van der Waals surface area contributed by atoms with Crippen molar-refractivity contribution in [1.82, 2.24) is 4.57 Å². The third-order valence-corrected chi connectivity index (χ3v) is 2.15. The van der Waals surface area contributed by atoms with Crippen LogP contribution in [-0.2, 0) is 6.54 Å². The van der Waals surface area contributed by atoms with E-state index in [0.717, 1.165) is 25.1 Å². The lowest BCUT2D eigenvalue weighted by atomic mass is 10.3. The first-order valence-corrected chi connectivity index (χ1v) is 4.56. The lowest BCUT2D eigenvalue weighted by Gasteiger charge is -2.07. The van der Waals surface area contributed by atoms with E-state index in [9.17, 15) is 4.79 Å². The summed E-state index contributed by atoms with van der Waals surface area (Å²) in [7, 11) is 0. The fourth-order valence-electron chi connectivity index (χ4n) is 1.37. The monoisotopic (exact) mass is 181 g/mol. The van der Waals surface area contributed by atoms with E-state index in [2.05, 4.69) is 6.92 Å². The number of hydrogen-bond acceptors (Lipinski definition) is 1. The molecule has 0 bridgehead atoms. The van der Waals surface area contributed by atoms with Gasteiger partial charge in [-0.25, -0.2) is 4.79 Å². The Labute approximate surface area is 78.0 Å². The van der Waals surface area contributed by atoms with Crippen LogP contribution in [0.5, 0.6) is 0 Å². The third kappa shape index (κ3) is 2.11. The van der Waals surface area contributed by atoms with Gasteiger partial charge in [0.1, 0.15) is 5.69 Å². The predicted octanol–water partition coefficient (Wildman–Crippen LogP) is 2.29. The molecule has 0 atom stereocenters. The van der Waals surface area contributed by atoms with Crippen molar-refractivity contribution >= 4 is 5.97 Å². The number of unbranched alkanes of at least 4 members (excludes halogenated alkanes) is 1. The van der Waals surface area contributed by atoms with Crippen LogP contribution in [0.4, 0.5) is 0 Å². The quantitative estimate of drug-likeness (QED) is 0.774. The number of nitrogens with zero attached hydrogens (tertiary/aromatic N) is 1. The number of carboxylic acid groups (broad SMARTS) is 1. The average molecular weight is 181 g/mol. The summed E-state index contributed by atoms with van der Waals surface area (Å²) in [6.45, 7) is 4.83. The number of carbonyl (C=O) groups is 1. The van der Waals surface area contributed by atoms with Gasteiger partial charge in [0.15, 0.2) is 0 Å². The van der Waals surface area contributed by atoms with E-state index < -0.39 is 5.97 Å². The topological polar surface area (TPSA) is 42.2 Å². The lowest BCUT2D eigenvalue weighted by molar-refractivity contribution is 0.0684. The number of hydrogen-bond donors (Lipinski definition) is 1. The van der Waals surface area contributed by atoms with Crippen molar-refractivity contribution in [2.24, 2.45) is 0 Å². The molecule has 0 aliphatic rings. The molecule has 0 radical (unpaired) electrons. The molecule has 3 nitrogen and oxygen atoms in total. The lowest BCUT2D eigenvalue weighted by Crippen LogP contribution is -2.09. The molecule has 0 fully saturated rings. The van der Waals surface area contributed by atoms with Crippen molar-refractivity contribution in [3.63, 3.8) is 0 Å². The second-order valence-corrected chi connectivity index (χ2v) is 3.17. The van der Waals surface area contributed by atoms with Crippen LogP contribution >= 0.6 is 0 Å². The van der Waals surface area contributed by atoms with Crippen LogP contribution in [0.25, 0.3) is 0 Å². The maximum absolute atomic E-state index is 10.8. The van der Waals surface area contributed by atoms with E-state index in [1.165, 1.54) is 0 Å². The van der Waals surface area contributed by atoms with Crippen molar-refractivity contribution in [3.8, 4) is 0 Å². The predicted molar refractivity (Wildman–Crippen MR) is 51.0 cm³/mol. The minimum absolute atomic E-state index is 0.394. The number of aromatic nitrogens is 1. The highest BCUT2D eigenvalue weighted by Crippen LogP contribution is 2.09. The van der Waals surface area contributed by atoms with Crippen molar-refractivity contribution in [2.45, 2.75) is 33.2 Å². The van der Waals surface area contributed by atoms with Crippen LogP contribution < -0.4 is 0 Å². The Kier molecular flexibility index (Phi) is 3.12. The third-order valence-electron chi connectivity index (χ3n) is 2.15. The summed E-state index contributed by atoms with van der Waals surface area (Å²) in [5, 5.41) is 8.86. The molecule has 0 unspecified atom stereocenters. The first kappa shape index (κ1) is 9.84. The zero-order chi connectivity index (χ0) is 9.84. The molecule has 1 N–H and O–H groups in total. The Morgan fingerprint density at radius 3 is 2.77 bits per heavy atom. The Morgan fingerprint density at radius 1 is 1.54 bits per heavy atom. The van der Waals surface area contributed by atoms with Gasteiger partial charge in [0.25, 0.3) is 0 Å². The first-order chi connectivity index (χ1) is 6.16. The normalized spacial score (nSPS) is 10.3. The summed E-state index contributed by atoms with van der Waals surface area (Å²) >= 11 is 0. The molecule has 0 aliphatic heterocycles. The summed E-state index contributed by atoms with van der Waals surface area (Å²) in [5.74, 6) is -0.843. The molecule has 72 valence electrons. The molecular weight excluding hydrogens is 166 g/mol. The van der Waals surface area contributed by atoms with E-state index in [0.29, 0.717) is 5.69 Å². The molecule has 1 aromatic rings. The first-order valence-electron chi connectivity index (χ1n) is 4.56. The highest BCUT2D eigenvalue weighted by atomic mass is 16.4. The van der Waals surface area contributed by atoms with Crippen LogP contribution in [0.1, 0.15) is 35.9 Å².